The molecule has 2 N–H and O–H groups in total. The lowest BCUT2D eigenvalue weighted by Crippen LogP contribution is -2.36. The Morgan fingerprint density at radius 1 is 1.33 bits per heavy atom. The van der Waals surface area contributed by atoms with Crippen LogP contribution in [0.4, 0.5) is 9.18 Å². The fourth-order valence-electron chi connectivity index (χ4n) is 2.40. The zero-order chi connectivity index (χ0) is 17.5. The number of aryl methyl sites for hydroxylation is 1. The van der Waals surface area contributed by atoms with Crippen molar-refractivity contribution in [3.63, 3.8) is 0 Å². The molecule has 1 aromatic heterocycles. The van der Waals surface area contributed by atoms with Gasteiger partial charge in [0.1, 0.15) is 11.6 Å². The molecule has 2 amide bonds. The van der Waals surface area contributed by atoms with Crippen LogP contribution in [0.1, 0.15) is 17.8 Å². The number of benzene rings is 1. The molecule has 1 aromatic carbocycles. The van der Waals surface area contributed by atoms with Gasteiger partial charge in [-0.05, 0) is 57.7 Å². The number of imidazole rings is 1. The topological polar surface area (TPSA) is 62.2 Å². The molecule has 6 nitrogen and oxygen atoms in total. The fraction of sp³-hybridized carbons (Fsp3) is 0.412. The number of rotatable bonds is 7. The zero-order valence-corrected chi connectivity index (χ0v) is 14.3. The Balaban J connectivity index is 1.96. The summed E-state index contributed by atoms with van der Waals surface area (Å²) in [4.78, 5) is 18.1. The molecule has 7 heteroatoms. The number of nitrogens with zero attached hydrogens (tertiary/aromatic N) is 3. The molecule has 130 valence electrons. The van der Waals surface area contributed by atoms with E-state index in [1.54, 1.807) is 12.3 Å². The van der Waals surface area contributed by atoms with Crippen LogP contribution in [0.15, 0.2) is 30.6 Å². The highest BCUT2D eigenvalue weighted by Gasteiger charge is 2.09. The van der Waals surface area contributed by atoms with Gasteiger partial charge in [0, 0.05) is 25.5 Å². The van der Waals surface area contributed by atoms with E-state index < -0.39 is 0 Å². The summed E-state index contributed by atoms with van der Waals surface area (Å²) in [6, 6.07) is 4.27. The molecule has 0 atom stereocenters. The van der Waals surface area contributed by atoms with E-state index in [1.807, 2.05) is 31.8 Å². The smallest absolute Gasteiger partial charge is 0.315 e. The van der Waals surface area contributed by atoms with Gasteiger partial charge in [0.05, 0.1) is 5.69 Å². The predicted octanol–water partition coefficient (Wildman–Crippen LogP) is 2.07. The van der Waals surface area contributed by atoms with Crippen LogP contribution in [0.25, 0.3) is 5.69 Å². The summed E-state index contributed by atoms with van der Waals surface area (Å²) in [5.74, 6) is 0.468. The van der Waals surface area contributed by atoms with Crippen LogP contribution in [-0.2, 0) is 6.54 Å². The minimum Gasteiger partial charge on any atom is -0.338 e. The number of nitrogens with one attached hydrogen (secondary N) is 2. The standard InChI is InChI=1S/C17H24FN5O/c1-13-19-8-10-23(13)16-6-5-15(18)11-14(16)12-21-17(24)20-7-4-9-22(2)3/h5-6,8,10-11H,4,7,9,12H2,1-3H3,(H2,20,21,24). The quantitative estimate of drug-likeness (QED) is 0.763. The molecule has 0 aliphatic heterocycles. The number of hydrogen-bond donors (Lipinski definition) is 2. The van der Waals surface area contributed by atoms with Gasteiger partial charge >= 0.3 is 6.03 Å². The van der Waals surface area contributed by atoms with E-state index in [0.717, 1.165) is 24.5 Å². The minimum atomic E-state index is -0.334. The van der Waals surface area contributed by atoms with Gasteiger partial charge in [0.25, 0.3) is 0 Å². The lowest BCUT2D eigenvalue weighted by Gasteiger charge is -2.14. The number of amides is 2. The van der Waals surface area contributed by atoms with Crippen molar-refractivity contribution >= 4 is 6.03 Å². The normalized spacial score (nSPS) is 10.9. The van der Waals surface area contributed by atoms with Crippen molar-refractivity contribution in [2.45, 2.75) is 19.9 Å². The minimum absolute atomic E-state index is 0.240. The second-order valence-electron chi connectivity index (χ2n) is 5.88. The molecular formula is C17H24FN5O. The van der Waals surface area contributed by atoms with Crippen molar-refractivity contribution < 1.29 is 9.18 Å². The molecule has 0 radical (unpaired) electrons. The SMILES string of the molecule is Cc1nccn1-c1ccc(F)cc1CNC(=O)NCCCN(C)C. The molecular weight excluding hydrogens is 309 g/mol. The van der Waals surface area contributed by atoms with Gasteiger partial charge in [0.15, 0.2) is 0 Å². The van der Waals surface area contributed by atoms with Crippen LogP contribution in [0.2, 0.25) is 0 Å². The van der Waals surface area contributed by atoms with Gasteiger partial charge < -0.3 is 20.1 Å². The van der Waals surface area contributed by atoms with E-state index >= 15 is 0 Å². The van der Waals surface area contributed by atoms with Crippen LogP contribution in [0.5, 0.6) is 0 Å². The first kappa shape index (κ1) is 17.9. The molecule has 0 aliphatic carbocycles. The Kier molecular flexibility index (Phi) is 6.31. The molecule has 0 unspecified atom stereocenters. The van der Waals surface area contributed by atoms with E-state index in [1.165, 1.54) is 12.1 Å². The van der Waals surface area contributed by atoms with Gasteiger partial charge in [-0.3, -0.25) is 0 Å². The third kappa shape index (κ3) is 5.06. The molecule has 0 fully saturated rings. The number of urea groups is 1. The van der Waals surface area contributed by atoms with Gasteiger partial charge in [-0.15, -0.1) is 0 Å². The molecule has 24 heavy (non-hydrogen) atoms. The monoisotopic (exact) mass is 333 g/mol. The van der Waals surface area contributed by atoms with Crippen molar-refractivity contribution in [3.8, 4) is 5.69 Å². The van der Waals surface area contributed by atoms with Crippen molar-refractivity contribution in [1.82, 2.24) is 25.1 Å². The highest BCUT2D eigenvalue weighted by Crippen LogP contribution is 2.17. The van der Waals surface area contributed by atoms with Crippen LogP contribution >= 0.6 is 0 Å². The fourth-order valence-corrected chi connectivity index (χ4v) is 2.40. The lowest BCUT2D eigenvalue weighted by molar-refractivity contribution is 0.240. The second-order valence-corrected chi connectivity index (χ2v) is 5.88. The number of carbonyl (C=O) groups excluding carboxylic acids is 1. The van der Waals surface area contributed by atoms with Crippen molar-refractivity contribution in [3.05, 3.63) is 47.8 Å². The highest BCUT2D eigenvalue weighted by molar-refractivity contribution is 5.73. The number of halogens is 1. The molecule has 1 heterocycles. The van der Waals surface area contributed by atoms with Crippen molar-refractivity contribution in [1.29, 1.82) is 0 Å². The average Bonchev–Trinajstić information content (AvgIpc) is 2.95. The number of hydrogen-bond acceptors (Lipinski definition) is 3. The molecule has 0 aliphatic rings. The zero-order valence-electron chi connectivity index (χ0n) is 14.3. The van der Waals surface area contributed by atoms with Crippen LogP contribution < -0.4 is 10.6 Å². The first-order valence-corrected chi connectivity index (χ1v) is 7.92. The van der Waals surface area contributed by atoms with Crippen molar-refractivity contribution in [2.24, 2.45) is 0 Å². The summed E-state index contributed by atoms with van der Waals surface area (Å²) in [6.45, 7) is 3.62. The van der Waals surface area contributed by atoms with Crippen molar-refractivity contribution in [2.75, 3.05) is 27.2 Å². The number of aromatic nitrogens is 2. The maximum absolute atomic E-state index is 13.6. The summed E-state index contributed by atoms with van der Waals surface area (Å²) >= 11 is 0. The third-order valence-corrected chi connectivity index (χ3v) is 3.63. The molecule has 0 saturated heterocycles. The Bertz CT molecular complexity index is 683. The summed E-state index contributed by atoms with van der Waals surface area (Å²) in [5.41, 5.74) is 1.50. The lowest BCUT2D eigenvalue weighted by atomic mass is 10.1. The maximum Gasteiger partial charge on any atom is 0.315 e. The first-order chi connectivity index (χ1) is 11.5. The third-order valence-electron chi connectivity index (χ3n) is 3.63. The van der Waals surface area contributed by atoms with Gasteiger partial charge in [-0.1, -0.05) is 0 Å². The Morgan fingerprint density at radius 3 is 2.79 bits per heavy atom. The van der Waals surface area contributed by atoms with E-state index in [4.69, 9.17) is 0 Å². The highest BCUT2D eigenvalue weighted by atomic mass is 19.1. The van der Waals surface area contributed by atoms with Gasteiger partial charge in [-0.2, -0.15) is 0 Å². The summed E-state index contributed by atoms with van der Waals surface area (Å²) in [7, 11) is 3.98. The maximum atomic E-state index is 13.6. The van der Waals surface area contributed by atoms with Crippen LogP contribution in [0.3, 0.4) is 0 Å². The molecule has 2 rings (SSSR count). The summed E-state index contributed by atoms with van der Waals surface area (Å²) < 4.78 is 15.4. The molecule has 0 spiro atoms. The van der Waals surface area contributed by atoms with E-state index in [2.05, 4.69) is 20.5 Å². The largest absolute Gasteiger partial charge is 0.338 e. The van der Waals surface area contributed by atoms with E-state index in [-0.39, 0.29) is 18.4 Å². The Hall–Kier alpha value is -2.41. The average molecular weight is 333 g/mol. The summed E-state index contributed by atoms with van der Waals surface area (Å²) in [6.07, 6.45) is 4.38. The second kappa shape index (κ2) is 8.44. The Labute approximate surface area is 141 Å². The van der Waals surface area contributed by atoms with E-state index in [0.29, 0.717) is 12.1 Å². The first-order valence-electron chi connectivity index (χ1n) is 7.92. The van der Waals surface area contributed by atoms with E-state index in [9.17, 15) is 9.18 Å². The predicted molar refractivity (Wildman–Crippen MR) is 91.7 cm³/mol. The Morgan fingerprint density at radius 2 is 2.12 bits per heavy atom. The van der Waals surface area contributed by atoms with Crippen LogP contribution in [-0.4, -0.2) is 47.7 Å². The van der Waals surface area contributed by atoms with Gasteiger partial charge in [-0.25, -0.2) is 14.2 Å². The molecule has 2 aromatic rings. The summed E-state index contributed by atoms with van der Waals surface area (Å²) in [5, 5.41) is 5.57. The van der Waals surface area contributed by atoms with Gasteiger partial charge in [0.2, 0.25) is 0 Å². The molecule has 0 saturated carbocycles. The molecule has 0 bridgehead atoms. The number of carbonyl (C=O) groups is 1. The van der Waals surface area contributed by atoms with Crippen LogP contribution in [0, 0.1) is 12.7 Å².